The molecule has 2 aliphatic carbocycles. The van der Waals surface area contributed by atoms with Crippen molar-refractivity contribution in [1.29, 1.82) is 0 Å². The number of ether oxygens (including phenoxy) is 2. The number of phenols is 1. The smallest absolute Gasteiger partial charge is 0.161 e. The molecule has 1 heterocycles. The summed E-state index contributed by atoms with van der Waals surface area (Å²) in [6.45, 7) is 9.56. The molecule has 0 amide bonds. The van der Waals surface area contributed by atoms with Gasteiger partial charge in [-0.3, -0.25) is 0 Å². The van der Waals surface area contributed by atoms with Gasteiger partial charge in [-0.25, -0.2) is 0 Å². The first-order chi connectivity index (χ1) is 11.7. The van der Waals surface area contributed by atoms with Crippen molar-refractivity contribution in [3.63, 3.8) is 0 Å². The molecule has 2 saturated carbocycles. The molecule has 0 spiro atoms. The van der Waals surface area contributed by atoms with Crippen molar-refractivity contribution in [2.45, 2.75) is 65.4 Å². The second kappa shape index (κ2) is 5.18. The molecule has 0 unspecified atom stereocenters. The van der Waals surface area contributed by atoms with Gasteiger partial charge in [0.1, 0.15) is 11.4 Å². The van der Waals surface area contributed by atoms with Crippen LogP contribution in [0.3, 0.4) is 0 Å². The van der Waals surface area contributed by atoms with Gasteiger partial charge in [0.05, 0.1) is 7.11 Å². The summed E-state index contributed by atoms with van der Waals surface area (Å²) in [5, 5.41) is 10.1. The Morgan fingerprint density at radius 3 is 2.60 bits per heavy atom. The molecule has 0 bridgehead atoms. The molecule has 136 valence electrons. The van der Waals surface area contributed by atoms with Crippen LogP contribution in [0.4, 0.5) is 0 Å². The second-order valence-corrected chi connectivity index (χ2v) is 9.30. The third-order valence-electron chi connectivity index (χ3n) is 7.27. The molecule has 0 radical (unpaired) electrons. The molecule has 3 atom stereocenters. The largest absolute Gasteiger partial charge is 0.504 e. The molecule has 3 aliphatic rings. The van der Waals surface area contributed by atoms with Crippen molar-refractivity contribution in [1.82, 2.24) is 0 Å². The number of aromatic hydroxyl groups is 1. The summed E-state index contributed by atoms with van der Waals surface area (Å²) in [6.07, 6.45) is 8.39. The average Bonchev–Trinajstić information content (AvgIpc) is 2.52. The zero-order valence-corrected chi connectivity index (χ0v) is 16.1. The predicted octanol–water partition coefficient (Wildman–Crippen LogP) is 5.56. The lowest BCUT2D eigenvalue weighted by molar-refractivity contribution is -0.0516. The number of hydrogen-bond acceptors (Lipinski definition) is 3. The van der Waals surface area contributed by atoms with Gasteiger partial charge < -0.3 is 14.6 Å². The Morgan fingerprint density at radius 2 is 1.88 bits per heavy atom. The summed E-state index contributed by atoms with van der Waals surface area (Å²) in [7, 11) is 1.59. The minimum Gasteiger partial charge on any atom is -0.504 e. The number of rotatable bonds is 1. The average molecular weight is 342 g/mol. The van der Waals surface area contributed by atoms with Gasteiger partial charge in [0, 0.05) is 11.6 Å². The highest BCUT2D eigenvalue weighted by molar-refractivity contribution is 5.69. The van der Waals surface area contributed by atoms with Crippen LogP contribution in [0.25, 0.3) is 6.08 Å². The number of fused-ring (bicyclic) bond motifs is 4. The number of benzene rings is 1. The predicted molar refractivity (Wildman–Crippen MR) is 100 cm³/mol. The Hall–Kier alpha value is -1.64. The quantitative estimate of drug-likeness (QED) is 0.726. The highest BCUT2D eigenvalue weighted by Crippen LogP contribution is 2.64. The number of hydrogen-bond donors (Lipinski definition) is 1. The molecule has 1 aliphatic heterocycles. The van der Waals surface area contributed by atoms with E-state index in [0.717, 1.165) is 17.7 Å². The summed E-state index contributed by atoms with van der Waals surface area (Å²) in [5.41, 5.74) is 2.74. The lowest BCUT2D eigenvalue weighted by atomic mass is 9.47. The van der Waals surface area contributed by atoms with Gasteiger partial charge in [0.25, 0.3) is 0 Å². The van der Waals surface area contributed by atoms with E-state index in [1.807, 2.05) is 6.07 Å². The maximum Gasteiger partial charge on any atom is 0.161 e. The number of phenolic OH excluding ortho intramolecular Hbond substituents is 1. The van der Waals surface area contributed by atoms with E-state index < -0.39 is 0 Å². The molecule has 3 nitrogen and oxygen atoms in total. The van der Waals surface area contributed by atoms with Gasteiger partial charge in [-0.1, -0.05) is 27.2 Å². The van der Waals surface area contributed by atoms with Gasteiger partial charge in [-0.15, -0.1) is 0 Å². The van der Waals surface area contributed by atoms with Crippen LogP contribution in [-0.2, 0) is 0 Å². The minimum absolute atomic E-state index is 0.139. The Labute approximate surface area is 151 Å². The lowest BCUT2D eigenvalue weighted by Gasteiger charge is -2.60. The fraction of sp³-hybridized carbons (Fsp3) is 0.636. The van der Waals surface area contributed by atoms with Crippen LogP contribution >= 0.6 is 0 Å². The first-order valence-corrected chi connectivity index (χ1v) is 9.52. The van der Waals surface area contributed by atoms with E-state index >= 15 is 0 Å². The molecule has 2 fully saturated rings. The lowest BCUT2D eigenvalue weighted by Crippen LogP contribution is -2.55. The molecule has 0 saturated heterocycles. The molecule has 1 aromatic rings. The zero-order valence-electron chi connectivity index (χ0n) is 16.1. The first kappa shape index (κ1) is 16.8. The van der Waals surface area contributed by atoms with E-state index in [0.29, 0.717) is 17.1 Å². The SMILES string of the molecule is COc1cc2c(cc1O)O[C@@]1(C)CC[C@H]3C(C)(C)CCC[C@]3(C)C1=C2. The summed E-state index contributed by atoms with van der Waals surface area (Å²) in [4.78, 5) is 0. The molecule has 1 aromatic carbocycles. The topological polar surface area (TPSA) is 38.7 Å². The van der Waals surface area contributed by atoms with E-state index in [9.17, 15) is 5.11 Å². The Kier molecular flexibility index (Phi) is 3.49. The summed E-state index contributed by atoms with van der Waals surface area (Å²) < 4.78 is 11.8. The normalized spacial score (nSPS) is 35.6. The van der Waals surface area contributed by atoms with Crippen LogP contribution < -0.4 is 9.47 Å². The summed E-state index contributed by atoms with van der Waals surface area (Å²) in [6, 6.07) is 3.60. The standard InChI is InChI=1S/C22H30O3/c1-20(2)8-6-9-21(3)18(20)7-10-22(4)19(21)12-14-11-17(24-5)15(23)13-16(14)25-22/h11-13,18,23H,6-10H2,1-5H3/t18-,21-,22-/m0/s1. The van der Waals surface area contributed by atoms with E-state index in [1.165, 1.54) is 31.3 Å². The molecule has 4 rings (SSSR count). The first-order valence-electron chi connectivity index (χ1n) is 9.52. The Morgan fingerprint density at radius 1 is 1.12 bits per heavy atom. The van der Waals surface area contributed by atoms with Crippen LogP contribution in [0, 0.1) is 16.7 Å². The van der Waals surface area contributed by atoms with E-state index in [2.05, 4.69) is 33.8 Å². The molecular formula is C22H30O3. The highest BCUT2D eigenvalue weighted by Gasteiger charge is 2.57. The van der Waals surface area contributed by atoms with Crippen molar-refractivity contribution in [2.75, 3.05) is 7.11 Å². The van der Waals surface area contributed by atoms with E-state index in [-0.39, 0.29) is 16.8 Å². The maximum atomic E-state index is 10.1. The summed E-state index contributed by atoms with van der Waals surface area (Å²) in [5.74, 6) is 2.10. The summed E-state index contributed by atoms with van der Waals surface area (Å²) >= 11 is 0. The Balaban J connectivity index is 1.87. The monoisotopic (exact) mass is 342 g/mol. The molecular weight excluding hydrogens is 312 g/mol. The fourth-order valence-electron chi connectivity index (χ4n) is 6.06. The van der Waals surface area contributed by atoms with Crippen molar-refractivity contribution < 1.29 is 14.6 Å². The highest BCUT2D eigenvalue weighted by atomic mass is 16.5. The zero-order chi connectivity index (χ0) is 18.0. The van der Waals surface area contributed by atoms with Gasteiger partial charge in [0.2, 0.25) is 0 Å². The van der Waals surface area contributed by atoms with Crippen LogP contribution in [0.15, 0.2) is 17.7 Å². The molecule has 1 N–H and O–H groups in total. The third kappa shape index (κ3) is 2.31. The van der Waals surface area contributed by atoms with Crippen LogP contribution in [0.1, 0.15) is 65.4 Å². The molecule has 3 heteroatoms. The van der Waals surface area contributed by atoms with Crippen molar-refractivity contribution in [2.24, 2.45) is 16.7 Å². The van der Waals surface area contributed by atoms with Crippen LogP contribution in [0.2, 0.25) is 0 Å². The minimum atomic E-state index is -0.271. The van der Waals surface area contributed by atoms with Crippen LogP contribution in [0.5, 0.6) is 17.2 Å². The van der Waals surface area contributed by atoms with Gasteiger partial charge in [-0.2, -0.15) is 0 Å². The fourth-order valence-corrected chi connectivity index (χ4v) is 6.06. The van der Waals surface area contributed by atoms with Gasteiger partial charge >= 0.3 is 0 Å². The van der Waals surface area contributed by atoms with E-state index in [4.69, 9.17) is 9.47 Å². The maximum absolute atomic E-state index is 10.1. The third-order valence-corrected chi connectivity index (χ3v) is 7.27. The molecule has 0 aromatic heterocycles. The van der Waals surface area contributed by atoms with Gasteiger partial charge in [0.15, 0.2) is 11.5 Å². The second-order valence-electron chi connectivity index (χ2n) is 9.30. The van der Waals surface area contributed by atoms with Crippen LogP contribution in [-0.4, -0.2) is 17.8 Å². The van der Waals surface area contributed by atoms with Crippen molar-refractivity contribution in [3.8, 4) is 17.2 Å². The Bertz CT molecular complexity index is 748. The van der Waals surface area contributed by atoms with E-state index in [1.54, 1.807) is 13.2 Å². The van der Waals surface area contributed by atoms with Gasteiger partial charge in [-0.05, 0) is 67.1 Å². The number of methoxy groups -OCH3 is 1. The molecule has 25 heavy (non-hydrogen) atoms. The van der Waals surface area contributed by atoms with Crippen molar-refractivity contribution in [3.05, 3.63) is 23.3 Å². The van der Waals surface area contributed by atoms with Crippen molar-refractivity contribution >= 4 is 6.08 Å².